The van der Waals surface area contributed by atoms with Gasteiger partial charge in [-0.25, -0.2) is 0 Å². The fraction of sp³-hybridized carbons (Fsp3) is 1.00. The van der Waals surface area contributed by atoms with Crippen LogP contribution in [0, 0.1) is 0 Å². The smallest absolute Gasteiger partial charge is 0.854 e. The molecule has 0 aromatic carbocycles. The molecule has 0 fully saturated rings. The number of aliphatic hydroxyl groups is 1. The molecule has 11 heavy (non-hydrogen) atoms. The van der Waals surface area contributed by atoms with Crippen molar-refractivity contribution in [2.24, 2.45) is 0 Å². The minimum absolute atomic E-state index is 0. The van der Waals surface area contributed by atoms with Crippen LogP contribution in [-0.2, 0) is 0 Å². The summed E-state index contributed by atoms with van der Waals surface area (Å²) in [6, 6.07) is 0. The van der Waals surface area contributed by atoms with Crippen molar-refractivity contribution in [3.05, 3.63) is 0 Å². The van der Waals surface area contributed by atoms with Crippen molar-refractivity contribution >= 4 is 0 Å². The second-order valence-corrected chi connectivity index (χ2v) is 2.55. The number of hydrogen-bond donors (Lipinski definition) is 1. The van der Waals surface area contributed by atoms with Gasteiger partial charge >= 0.3 is 29.6 Å². The molecule has 0 aliphatic heterocycles. The molecule has 0 atom stereocenters. The number of aliphatic hydroxyl groups excluding tert-OH is 1. The summed E-state index contributed by atoms with van der Waals surface area (Å²) in [7, 11) is 0. The molecule has 0 aromatic heterocycles. The summed E-state index contributed by atoms with van der Waals surface area (Å²) in [5.41, 5.74) is 0. The van der Waals surface area contributed by atoms with E-state index in [9.17, 15) is 5.11 Å². The Morgan fingerprint density at radius 2 is 1.27 bits per heavy atom. The minimum atomic E-state index is 0. The fourth-order valence-electron chi connectivity index (χ4n) is 0.921. The molecule has 0 aliphatic rings. The summed E-state index contributed by atoms with van der Waals surface area (Å²) < 4.78 is 0. The first-order valence-electron chi connectivity index (χ1n) is 4.10. The van der Waals surface area contributed by atoms with Gasteiger partial charge in [0.1, 0.15) is 0 Å². The second-order valence-electron chi connectivity index (χ2n) is 2.55. The Morgan fingerprint density at radius 3 is 1.73 bits per heavy atom. The third-order valence-electron chi connectivity index (χ3n) is 1.55. The van der Waals surface area contributed by atoms with E-state index in [1.165, 1.54) is 6.42 Å². The van der Waals surface area contributed by atoms with Crippen molar-refractivity contribution < 1.29 is 39.8 Å². The largest absolute Gasteiger partial charge is 1.00 e. The number of rotatable bonds is 7. The van der Waals surface area contributed by atoms with Crippen LogP contribution in [0.5, 0.6) is 0 Å². The predicted octanol–water partition coefficient (Wildman–Crippen LogP) is -2.32. The molecule has 0 bridgehead atoms. The van der Waals surface area contributed by atoms with E-state index in [1.54, 1.807) is 0 Å². The van der Waals surface area contributed by atoms with Gasteiger partial charge < -0.3 is 10.2 Å². The molecule has 0 saturated heterocycles. The van der Waals surface area contributed by atoms with Crippen molar-refractivity contribution in [3.8, 4) is 0 Å². The van der Waals surface area contributed by atoms with Gasteiger partial charge in [-0.3, -0.25) is 0 Å². The van der Waals surface area contributed by atoms with Crippen LogP contribution in [0.15, 0.2) is 0 Å². The summed E-state index contributed by atoms with van der Waals surface area (Å²) in [6.07, 6.45) is 6.23. The molecule has 0 heterocycles. The van der Waals surface area contributed by atoms with Gasteiger partial charge in [0, 0.05) is 6.61 Å². The Hall–Kier alpha value is 0.920. The fourth-order valence-corrected chi connectivity index (χ4v) is 0.921. The zero-order valence-electron chi connectivity index (χ0n) is 7.51. The van der Waals surface area contributed by atoms with E-state index in [2.05, 4.69) is 0 Å². The molecule has 0 rings (SSSR count). The van der Waals surface area contributed by atoms with Crippen LogP contribution in [-0.4, -0.2) is 18.3 Å². The van der Waals surface area contributed by atoms with Crippen molar-refractivity contribution in [3.63, 3.8) is 0 Å². The Bertz CT molecular complexity index is 52.1. The topological polar surface area (TPSA) is 43.3 Å². The SMILES string of the molecule is [Na+].[O-]CCCCCCCCO. The molecular formula is C8H17NaO2. The van der Waals surface area contributed by atoms with Gasteiger partial charge in [0.15, 0.2) is 0 Å². The van der Waals surface area contributed by atoms with E-state index in [-0.39, 0.29) is 36.2 Å². The van der Waals surface area contributed by atoms with Crippen molar-refractivity contribution in [1.82, 2.24) is 0 Å². The van der Waals surface area contributed by atoms with Crippen molar-refractivity contribution in [2.75, 3.05) is 13.2 Å². The minimum Gasteiger partial charge on any atom is -0.854 e. The van der Waals surface area contributed by atoms with Gasteiger partial charge in [-0.2, -0.15) is 0 Å². The third-order valence-corrected chi connectivity index (χ3v) is 1.55. The van der Waals surface area contributed by atoms with Crippen molar-refractivity contribution in [1.29, 1.82) is 0 Å². The molecule has 0 aromatic rings. The average Bonchev–Trinajstić information content (AvgIpc) is 1.97. The van der Waals surface area contributed by atoms with Crippen LogP contribution in [0.1, 0.15) is 38.5 Å². The molecule has 0 amide bonds. The van der Waals surface area contributed by atoms with E-state index in [0.717, 1.165) is 32.1 Å². The summed E-state index contributed by atoms with van der Waals surface area (Å²) in [6.45, 7) is 0.377. The zero-order valence-corrected chi connectivity index (χ0v) is 9.51. The molecule has 62 valence electrons. The third kappa shape index (κ3) is 13.9. The normalized spacial score (nSPS) is 9.27. The Kier molecular flexibility index (Phi) is 17.7. The first-order chi connectivity index (χ1) is 4.91. The number of unbranched alkanes of at least 4 members (excludes halogenated alkanes) is 5. The van der Waals surface area contributed by atoms with Gasteiger partial charge in [0.2, 0.25) is 0 Å². The average molecular weight is 168 g/mol. The van der Waals surface area contributed by atoms with E-state index < -0.39 is 0 Å². The summed E-state index contributed by atoms with van der Waals surface area (Å²) >= 11 is 0. The predicted molar refractivity (Wildman–Crippen MR) is 39.7 cm³/mol. The first kappa shape index (κ1) is 14.4. The number of hydrogen-bond acceptors (Lipinski definition) is 2. The summed E-state index contributed by atoms with van der Waals surface area (Å²) in [4.78, 5) is 0. The van der Waals surface area contributed by atoms with E-state index >= 15 is 0 Å². The zero-order chi connectivity index (χ0) is 7.66. The molecule has 1 N–H and O–H groups in total. The van der Waals surface area contributed by atoms with Gasteiger partial charge in [-0.15, -0.1) is 6.61 Å². The molecule has 0 spiro atoms. The Morgan fingerprint density at radius 1 is 0.818 bits per heavy atom. The van der Waals surface area contributed by atoms with E-state index in [0.29, 0.717) is 6.61 Å². The van der Waals surface area contributed by atoms with Crippen LogP contribution in [0.2, 0.25) is 0 Å². The van der Waals surface area contributed by atoms with Crippen LogP contribution < -0.4 is 34.7 Å². The second kappa shape index (κ2) is 13.5. The van der Waals surface area contributed by atoms with Crippen LogP contribution in [0.3, 0.4) is 0 Å². The summed E-state index contributed by atoms with van der Waals surface area (Å²) in [5.74, 6) is 0. The molecule has 2 nitrogen and oxygen atoms in total. The molecule has 0 aliphatic carbocycles. The first-order valence-corrected chi connectivity index (χ1v) is 4.10. The van der Waals surface area contributed by atoms with Crippen LogP contribution >= 0.6 is 0 Å². The maximum Gasteiger partial charge on any atom is 1.00 e. The van der Waals surface area contributed by atoms with Gasteiger partial charge in [-0.1, -0.05) is 32.1 Å². The van der Waals surface area contributed by atoms with Crippen LogP contribution in [0.25, 0.3) is 0 Å². The van der Waals surface area contributed by atoms with Gasteiger partial charge in [-0.05, 0) is 6.42 Å². The Balaban J connectivity index is 0. The maximum atomic E-state index is 9.98. The summed E-state index contributed by atoms with van der Waals surface area (Å²) in [5, 5.41) is 18.4. The standard InChI is InChI=1S/C8H17O2.Na/c9-7-5-3-1-2-4-6-8-10;/h9H,1-8H2;/q-1;+1. The molecule has 0 saturated carbocycles. The van der Waals surface area contributed by atoms with Crippen molar-refractivity contribution in [2.45, 2.75) is 38.5 Å². The maximum absolute atomic E-state index is 9.98. The molecule has 0 unspecified atom stereocenters. The van der Waals surface area contributed by atoms with E-state index in [4.69, 9.17) is 5.11 Å². The monoisotopic (exact) mass is 168 g/mol. The molecule has 3 heteroatoms. The Labute approximate surface area is 91.3 Å². The molecular weight excluding hydrogens is 151 g/mol. The van der Waals surface area contributed by atoms with Gasteiger partial charge in [0.25, 0.3) is 0 Å². The quantitative estimate of drug-likeness (QED) is 0.343. The van der Waals surface area contributed by atoms with Crippen LogP contribution in [0.4, 0.5) is 0 Å². The molecule has 0 radical (unpaired) electrons. The van der Waals surface area contributed by atoms with Gasteiger partial charge in [0.05, 0.1) is 0 Å². The van der Waals surface area contributed by atoms with E-state index in [1.807, 2.05) is 0 Å².